The number of carbonyl (C=O) groups excluding carboxylic acids is 1. The van der Waals surface area contributed by atoms with Crippen LogP contribution in [0.5, 0.6) is 0 Å². The quantitative estimate of drug-likeness (QED) is 0.839. The molecule has 0 aromatic heterocycles. The Bertz CT molecular complexity index is 283. The maximum absolute atomic E-state index is 12.3. The highest BCUT2D eigenvalue weighted by atomic mass is 32.2. The summed E-state index contributed by atoms with van der Waals surface area (Å²) in [5, 5.41) is 4.11. The fraction of sp³-hybridized carbons (Fsp3) is 0.923. The molecule has 17 heavy (non-hydrogen) atoms. The maximum Gasteiger partial charge on any atom is 0.241 e. The molecular formula is C13H24N2OS. The number of hydrogen-bond donors (Lipinski definition) is 1. The van der Waals surface area contributed by atoms with Crippen molar-refractivity contribution in [2.45, 2.75) is 56.9 Å². The summed E-state index contributed by atoms with van der Waals surface area (Å²) in [6, 6.07) is 0.523. The Kier molecular flexibility index (Phi) is 4.36. The molecule has 3 nitrogen and oxygen atoms in total. The third kappa shape index (κ3) is 2.79. The molecule has 1 saturated carbocycles. The van der Waals surface area contributed by atoms with Crippen LogP contribution in [-0.2, 0) is 4.79 Å². The van der Waals surface area contributed by atoms with Gasteiger partial charge >= 0.3 is 0 Å². The molecule has 0 aromatic rings. The summed E-state index contributed by atoms with van der Waals surface area (Å²) in [6.07, 6.45) is 7.15. The van der Waals surface area contributed by atoms with Crippen molar-refractivity contribution in [1.29, 1.82) is 0 Å². The van der Waals surface area contributed by atoms with Crippen LogP contribution < -0.4 is 5.32 Å². The maximum atomic E-state index is 12.3. The van der Waals surface area contributed by atoms with Crippen LogP contribution in [-0.4, -0.2) is 41.1 Å². The van der Waals surface area contributed by atoms with Crippen molar-refractivity contribution in [2.24, 2.45) is 5.92 Å². The minimum absolute atomic E-state index is 0.0460. The number of amides is 1. The van der Waals surface area contributed by atoms with Gasteiger partial charge in [0.15, 0.2) is 0 Å². The van der Waals surface area contributed by atoms with E-state index in [1.54, 1.807) is 0 Å². The Morgan fingerprint density at radius 1 is 1.41 bits per heavy atom. The molecular weight excluding hydrogens is 232 g/mol. The molecule has 98 valence electrons. The zero-order chi connectivity index (χ0) is 12.4. The van der Waals surface area contributed by atoms with Crippen molar-refractivity contribution < 1.29 is 4.79 Å². The number of thioether (sulfide) groups is 1. The number of carbonyl (C=O) groups is 1. The fourth-order valence-electron chi connectivity index (χ4n) is 2.99. The molecule has 0 radical (unpaired) electrons. The normalized spacial score (nSPS) is 34.7. The van der Waals surface area contributed by atoms with E-state index in [1.807, 2.05) is 11.8 Å². The molecule has 2 aliphatic rings. The molecule has 2 rings (SSSR count). The molecule has 0 aromatic carbocycles. The second-order valence-corrected chi connectivity index (χ2v) is 6.71. The van der Waals surface area contributed by atoms with E-state index in [0.29, 0.717) is 17.9 Å². The third-order valence-electron chi connectivity index (χ3n) is 4.07. The third-order valence-corrected chi connectivity index (χ3v) is 5.16. The summed E-state index contributed by atoms with van der Waals surface area (Å²) in [5.41, 5.74) is 0. The van der Waals surface area contributed by atoms with Gasteiger partial charge in [-0.25, -0.2) is 0 Å². The van der Waals surface area contributed by atoms with Gasteiger partial charge in [-0.15, -0.1) is 0 Å². The van der Waals surface area contributed by atoms with Gasteiger partial charge in [-0.2, -0.15) is 11.8 Å². The molecule has 1 heterocycles. The summed E-state index contributed by atoms with van der Waals surface area (Å²) in [6.45, 7) is 4.99. The zero-order valence-electron chi connectivity index (χ0n) is 11.1. The molecule has 0 spiro atoms. The summed E-state index contributed by atoms with van der Waals surface area (Å²) in [4.78, 5) is 14.4. The van der Waals surface area contributed by atoms with Gasteiger partial charge in [-0.3, -0.25) is 10.1 Å². The number of nitrogens with zero attached hydrogens (tertiary/aromatic N) is 1. The first kappa shape index (κ1) is 13.2. The Balaban J connectivity index is 1.96. The molecule has 0 bridgehead atoms. The second-order valence-electron chi connectivity index (χ2n) is 5.57. The van der Waals surface area contributed by atoms with Gasteiger partial charge in [0.1, 0.15) is 0 Å². The van der Waals surface area contributed by atoms with Gasteiger partial charge in [0.25, 0.3) is 0 Å². The van der Waals surface area contributed by atoms with Crippen molar-refractivity contribution in [3.8, 4) is 0 Å². The highest BCUT2D eigenvalue weighted by Gasteiger charge is 2.38. The lowest BCUT2D eigenvalue weighted by Crippen LogP contribution is -2.42. The van der Waals surface area contributed by atoms with E-state index < -0.39 is 0 Å². The predicted molar refractivity (Wildman–Crippen MR) is 73.0 cm³/mol. The molecule has 3 atom stereocenters. The Hall–Kier alpha value is -0.220. The van der Waals surface area contributed by atoms with Crippen LogP contribution in [0.4, 0.5) is 0 Å². The van der Waals surface area contributed by atoms with Crippen LogP contribution in [0.15, 0.2) is 0 Å². The van der Waals surface area contributed by atoms with Crippen LogP contribution in [0.25, 0.3) is 0 Å². The zero-order valence-corrected chi connectivity index (χ0v) is 11.9. The van der Waals surface area contributed by atoms with E-state index in [0.717, 1.165) is 11.9 Å². The molecule has 1 amide bonds. The average Bonchev–Trinajstić information content (AvgIpc) is 2.71. The Morgan fingerprint density at radius 3 is 2.76 bits per heavy atom. The lowest BCUT2D eigenvalue weighted by atomic mass is 9.93. The van der Waals surface area contributed by atoms with Gasteiger partial charge in [-0.1, -0.05) is 20.3 Å². The van der Waals surface area contributed by atoms with E-state index >= 15 is 0 Å². The first-order chi connectivity index (χ1) is 8.13. The minimum atomic E-state index is 0.0460. The standard InChI is InChI=1S/C13H24N2OS/c1-9(2)12-13(16)15(8-14-12)10-5-4-6-11(7-10)17-3/h9-12,14H,4-8H2,1-3H3. The van der Waals surface area contributed by atoms with E-state index in [9.17, 15) is 4.79 Å². The summed E-state index contributed by atoms with van der Waals surface area (Å²) >= 11 is 1.96. The second kappa shape index (κ2) is 5.61. The topological polar surface area (TPSA) is 32.3 Å². The summed E-state index contributed by atoms with van der Waals surface area (Å²) < 4.78 is 0. The van der Waals surface area contributed by atoms with E-state index in [4.69, 9.17) is 0 Å². The van der Waals surface area contributed by atoms with E-state index in [-0.39, 0.29) is 6.04 Å². The van der Waals surface area contributed by atoms with Crippen LogP contribution in [0, 0.1) is 5.92 Å². The summed E-state index contributed by atoms with van der Waals surface area (Å²) in [5.74, 6) is 0.721. The lowest BCUT2D eigenvalue weighted by Gasteiger charge is -2.34. The minimum Gasteiger partial charge on any atom is -0.326 e. The van der Waals surface area contributed by atoms with Crippen molar-refractivity contribution in [1.82, 2.24) is 10.2 Å². The number of hydrogen-bond acceptors (Lipinski definition) is 3. The molecule has 1 saturated heterocycles. The Labute approximate surface area is 109 Å². The molecule has 1 N–H and O–H groups in total. The number of nitrogens with one attached hydrogen (secondary N) is 1. The molecule has 3 unspecified atom stereocenters. The van der Waals surface area contributed by atoms with Crippen molar-refractivity contribution >= 4 is 17.7 Å². The van der Waals surface area contributed by atoms with Crippen molar-refractivity contribution in [3.05, 3.63) is 0 Å². The van der Waals surface area contributed by atoms with Gasteiger partial charge < -0.3 is 4.90 Å². The molecule has 4 heteroatoms. The van der Waals surface area contributed by atoms with Gasteiger partial charge in [0.2, 0.25) is 5.91 Å². The van der Waals surface area contributed by atoms with Crippen molar-refractivity contribution in [3.63, 3.8) is 0 Å². The van der Waals surface area contributed by atoms with Gasteiger partial charge in [-0.05, 0) is 31.4 Å². The lowest BCUT2D eigenvalue weighted by molar-refractivity contribution is -0.132. The van der Waals surface area contributed by atoms with Crippen LogP contribution >= 0.6 is 11.8 Å². The first-order valence-corrected chi connectivity index (χ1v) is 7.99. The van der Waals surface area contributed by atoms with E-state index in [2.05, 4.69) is 30.3 Å². The fourth-order valence-corrected chi connectivity index (χ4v) is 3.80. The monoisotopic (exact) mass is 256 g/mol. The average molecular weight is 256 g/mol. The molecule has 2 fully saturated rings. The first-order valence-electron chi connectivity index (χ1n) is 6.70. The van der Waals surface area contributed by atoms with Crippen molar-refractivity contribution in [2.75, 3.05) is 12.9 Å². The summed E-state index contributed by atoms with van der Waals surface area (Å²) in [7, 11) is 0. The smallest absolute Gasteiger partial charge is 0.241 e. The Morgan fingerprint density at radius 2 is 2.18 bits per heavy atom. The van der Waals surface area contributed by atoms with Gasteiger partial charge in [0.05, 0.1) is 12.7 Å². The number of rotatable bonds is 3. The molecule has 1 aliphatic heterocycles. The SMILES string of the molecule is CSC1CCCC(N2CNC(C(C)C)C2=O)C1. The van der Waals surface area contributed by atoms with Crippen LogP contribution in [0.2, 0.25) is 0 Å². The van der Waals surface area contributed by atoms with E-state index in [1.165, 1.54) is 25.7 Å². The predicted octanol–water partition coefficient (Wildman–Crippen LogP) is 2.07. The van der Waals surface area contributed by atoms with Crippen LogP contribution in [0.1, 0.15) is 39.5 Å². The molecule has 1 aliphatic carbocycles. The van der Waals surface area contributed by atoms with Gasteiger partial charge in [0, 0.05) is 11.3 Å². The largest absolute Gasteiger partial charge is 0.326 e. The van der Waals surface area contributed by atoms with Crippen LogP contribution in [0.3, 0.4) is 0 Å². The highest BCUT2D eigenvalue weighted by Crippen LogP contribution is 2.31. The highest BCUT2D eigenvalue weighted by molar-refractivity contribution is 7.99.